The molecule has 0 aliphatic heterocycles. The molecule has 0 aliphatic carbocycles. The summed E-state index contributed by atoms with van der Waals surface area (Å²) in [6.07, 6.45) is 0. The van der Waals surface area contributed by atoms with Gasteiger partial charge in [-0.1, -0.05) is 6.07 Å². The molecule has 2 amide bonds. The monoisotopic (exact) mass is 320 g/mol. The highest BCUT2D eigenvalue weighted by Gasteiger charge is 2.14. The SMILES string of the molecule is Cc1n[nH]c(C)c1NC(=O)c1cccc(NC(=O)C(C)Cl)c1. The molecule has 0 aliphatic rings. The van der Waals surface area contributed by atoms with Crippen LogP contribution in [0.1, 0.15) is 28.7 Å². The van der Waals surface area contributed by atoms with E-state index in [9.17, 15) is 9.59 Å². The molecule has 0 bridgehead atoms. The molecular weight excluding hydrogens is 304 g/mol. The van der Waals surface area contributed by atoms with Crippen molar-refractivity contribution in [1.82, 2.24) is 10.2 Å². The van der Waals surface area contributed by atoms with Gasteiger partial charge in [-0.15, -0.1) is 11.6 Å². The number of carbonyl (C=O) groups excluding carboxylic acids is 2. The Kier molecular flexibility index (Phi) is 4.82. The van der Waals surface area contributed by atoms with Gasteiger partial charge in [0.2, 0.25) is 5.91 Å². The number of aryl methyl sites for hydroxylation is 2. The van der Waals surface area contributed by atoms with Gasteiger partial charge in [0.15, 0.2) is 0 Å². The Labute approximate surface area is 133 Å². The molecule has 0 fully saturated rings. The number of anilines is 2. The molecular formula is C15H17ClN4O2. The molecule has 1 aromatic carbocycles. The van der Waals surface area contributed by atoms with Crippen molar-refractivity contribution in [1.29, 1.82) is 0 Å². The van der Waals surface area contributed by atoms with E-state index < -0.39 is 5.38 Å². The fourth-order valence-corrected chi connectivity index (χ4v) is 1.96. The highest BCUT2D eigenvalue weighted by Crippen LogP contribution is 2.18. The van der Waals surface area contributed by atoms with E-state index in [1.165, 1.54) is 0 Å². The highest BCUT2D eigenvalue weighted by molar-refractivity contribution is 6.32. The van der Waals surface area contributed by atoms with E-state index in [4.69, 9.17) is 11.6 Å². The van der Waals surface area contributed by atoms with Crippen LogP contribution in [0, 0.1) is 13.8 Å². The molecule has 3 N–H and O–H groups in total. The summed E-state index contributed by atoms with van der Waals surface area (Å²) in [6.45, 7) is 5.21. The number of H-pyrrole nitrogens is 1. The van der Waals surface area contributed by atoms with Crippen LogP contribution < -0.4 is 10.6 Å². The van der Waals surface area contributed by atoms with Crippen LogP contribution in [-0.4, -0.2) is 27.4 Å². The third-order valence-electron chi connectivity index (χ3n) is 3.12. The molecule has 1 aromatic heterocycles. The lowest BCUT2D eigenvalue weighted by atomic mass is 10.1. The Bertz CT molecular complexity index is 690. The predicted octanol–water partition coefficient (Wildman–Crippen LogP) is 2.84. The van der Waals surface area contributed by atoms with Gasteiger partial charge in [-0.3, -0.25) is 14.7 Å². The summed E-state index contributed by atoms with van der Waals surface area (Å²) >= 11 is 5.71. The first-order valence-corrected chi connectivity index (χ1v) is 7.20. The van der Waals surface area contributed by atoms with Crippen molar-refractivity contribution in [2.45, 2.75) is 26.1 Å². The molecule has 22 heavy (non-hydrogen) atoms. The summed E-state index contributed by atoms with van der Waals surface area (Å²) in [5, 5.41) is 11.6. The lowest BCUT2D eigenvalue weighted by molar-refractivity contribution is -0.115. The minimum atomic E-state index is -0.645. The summed E-state index contributed by atoms with van der Waals surface area (Å²) in [5.41, 5.74) is 3.11. The van der Waals surface area contributed by atoms with Crippen molar-refractivity contribution < 1.29 is 9.59 Å². The summed E-state index contributed by atoms with van der Waals surface area (Å²) in [6, 6.07) is 6.65. The van der Waals surface area contributed by atoms with Crippen molar-refractivity contribution in [2.24, 2.45) is 0 Å². The topological polar surface area (TPSA) is 86.9 Å². The molecule has 2 rings (SSSR count). The maximum absolute atomic E-state index is 12.3. The molecule has 0 spiro atoms. The predicted molar refractivity (Wildman–Crippen MR) is 86.4 cm³/mol. The second kappa shape index (κ2) is 6.62. The van der Waals surface area contributed by atoms with Gasteiger partial charge in [-0.2, -0.15) is 5.10 Å². The normalized spacial score (nSPS) is 11.8. The Balaban J connectivity index is 2.15. The lowest BCUT2D eigenvalue weighted by Gasteiger charge is -2.09. The zero-order valence-electron chi connectivity index (χ0n) is 12.5. The summed E-state index contributed by atoms with van der Waals surface area (Å²) in [5.74, 6) is -0.594. The minimum Gasteiger partial charge on any atom is -0.325 e. The van der Waals surface area contributed by atoms with Crippen LogP contribution in [0.4, 0.5) is 11.4 Å². The fraction of sp³-hybridized carbons (Fsp3) is 0.267. The quantitative estimate of drug-likeness (QED) is 0.757. The molecule has 1 unspecified atom stereocenters. The number of hydrogen-bond donors (Lipinski definition) is 3. The Morgan fingerprint density at radius 2 is 2.00 bits per heavy atom. The highest BCUT2D eigenvalue weighted by atomic mass is 35.5. The average Bonchev–Trinajstić information content (AvgIpc) is 2.79. The van der Waals surface area contributed by atoms with Gasteiger partial charge < -0.3 is 10.6 Å². The Hall–Kier alpha value is -2.34. The largest absolute Gasteiger partial charge is 0.325 e. The molecule has 7 heteroatoms. The number of amides is 2. The average molecular weight is 321 g/mol. The summed E-state index contributed by atoms with van der Waals surface area (Å²) in [7, 11) is 0. The molecule has 0 saturated heterocycles. The van der Waals surface area contributed by atoms with E-state index in [0.29, 0.717) is 22.6 Å². The van der Waals surface area contributed by atoms with Crippen LogP contribution >= 0.6 is 11.6 Å². The number of aromatic nitrogens is 2. The van der Waals surface area contributed by atoms with Gasteiger partial charge in [0, 0.05) is 11.3 Å². The standard InChI is InChI=1S/C15H17ClN4O2/c1-8(16)14(21)17-12-6-4-5-11(7-12)15(22)18-13-9(2)19-20-10(13)3/h4-8H,1-3H3,(H,17,21)(H,18,22)(H,19,20). The van der Waals surface area contributed by atoms with Gasteiger partial charge in [-0.05, 0) is 39.0 Å². The number of nitrogens with one attached hydrogen (secondary N) is 3. The summed E-state index contributed by atoms with van der Waals surface area (Å²) < 4.78 is 0. The van der Waals surface area contributed by atoms with Crippen LogP contribution in [-0.2, 0) is 4.79 Å². The van der Waals surface area contributed by atoms with Crippen molar-refractivity contribution >= 4 is 34.8 Å². The number of aromatic amines is 1. The van der Waals surface area contributed by atoms with Gasteiger partial charge >= 0.3 is 0 Å². The van der Waals surface area contributed by atoms with E-state index in [0.717, 1.165) is 5.69 Å². The van der Waals surface area contributed by atoms with Gasteiger partial charge in [0.1, 0.15) is 5.38 Å². The second-order valence-electron chi connectivity index (χ2n) is 4.95. The number of hydrogen-bond acceptors (Lipinski definition) is 3. The van der Waals surface area contributed by atoms with Gasteiger partial charge in [0.05, 0.1) is 17.1 Å². The van der Waals surface area contributed by atoms with Gasteiger partial charge in [0.25, 0.3) is 5.91 Å². The van der Waals surface area contributed by atoms with E-state index in [1.54, 1.807) is 38.1 Å². The Morgan fingerprint density at radius 3 is 2.59 bits per heavy atom. The fourth-order valence-electron chi connectivity index (χ4n) is 1.90. The van der Waals surface area contributed by atoms with E-state index >= 15 is 0 Å². The molecule has 116 valence electrons. The molecule has 2 aromatic rings. The third-order valence-corrected chi connectivity index (χ3v) is 3.32. The maximum atomic E-state index is 12.3. The zero-order chi connectivity index (χ0) is 16.3. The first-order chi connectivity index (χ1) is 10.4. The van der Waals surface area contributed by atoms with Crippen LogP contribution in [0.2, 0.25) is 0 Å². The zero-order valence-corrected chi connectivity index (χ0v) is 13.3. The maximum Gasteiger partial charge on any atom is 0.255 e. The van der Waals surface area contributed by atoms with Crippen molar-refractivity contribution in [3.63, 3.8) is 0 Å². The number of nitrogens with zero attached hydrogens (tertiary/aromatic N) is 1. The van der Waals surface area contributed by atoms with E-state index in [2.05, 4.69) is 20.8 Å². The first kappa shape index (κ1) is 16.0. The second-order valence-corrected chi connectivity index (χ2v) is 5.60. The van der Waals surface area contributed by atoms with E-state index in [-0.39, 0.29) is 11.8 Å². The molecule has 0 radical (unpaired) electrons. The smallest absolute Gasteiger partial charge is 0.255 e. The number of carbonyl (C=O) groups is 2. The van der Waals surface area contributed by atoms with Crippen LogP contribution in [0.5, 0.6) is 0 Å². The number of rotatable bonds is 4. The van der Waals surface area contributed by atoms with E-state index in [1.807, 2.05) is 6.92 Å². The lowest BCUT2D eigenvalue weighted by Crippen LogP contribution is -2.20. The number of alkyl halides is 1. The Morgan fingerprint density at radius 1 is 1.27 bits per heavy atom. The van der Waals surface area contributed by atoms with Gasteiger partial charge in [-0.25, -0.2) is 0 Å². The van der Waals surface area contributed by atoms with Crippen LogP contribution in [0.25, 0.3) is 0 Å². The number of halogens is 1. The van der Waals surface area contributed by atoms with Crippen molar-refractivity contribution in [3.05, 3.63) is 41.2 Å². The molecule has 0 saturated carbocycles. The molecule has 6 nitrogen and oxygen atoms in total. The number of benzene rings is 1. The molecule has 1 heterocycles. The summed E-state index contributed by atoms with van der Waals surface area (Å²) in [4.78, 5) is 23.9. The first-order valence-electron chi connectivity index (χ1n) is 6.76. The molecule has 1 atom stereocenters. The van der Waals surface area contributed by atoms with Crippen molar-refractivity contribution in [2.75, 3.05) is 10.6 Å². The van der Waals surface area contributed by atoms with Crippen LogP contribution in [0.3, 0.4) is 0 Å². The van der Waals surface area contributed by atoms with Crippen LogP contribution in [0.15, 0.2) is 24.3 Å². The minimum absolute atomic E-state index is 0.275. The third kappa shape index (κ3) is 3.65. The van der Waals surface area contributed by atoms with Crippen molar-refractivity contribution in [3.8, 4) is 0 Å².